The molecule has 1 rings (SSSR count). The molecule has 0 aliphatic carbocycles. The number of unbranched alkanes of at least 4 members (excludes halogenated alkanes) is 9. The van der Waals surface area contributed by atoms with E-state index in [9.17, 15) is 34.2 Å². The lowest BCUT2D eigenvalue weighted by atomic mass is 9.59. The number of carbonyl (C=O) groups excluding carboxylic acids is 4. The summed E-state index contributed by atoms with van der Waals surface area (Å²) in [5, 5.41) is 22.7. The van der Waals surface area contributed by atoms with E-state index in [1.807, 2.05) is 6.92 Å². The highest BCUT2D eigenvalue weighted by Gasteiger charge is 2.65. The number of aliphatic hydroxyl groups is 1. The van der Waals surface area contributed by atoms with E-state index in [4.69, 9.17) is 20.9 Å². The van der Waals surface area contributed by atoms with Crippen LogP contribution in [0.5, 0.6) is 5.75 Å². The van der Waals surface area contributed by atoms with Crippen LogP contribution in [0, 0.1) is 11.3 Å². The van der Waals surface area contributed by atoms with Crippen molar-refractivity contribution in [1.82, 2.24) is 0 Å². The Morgan fingerprint density at radius 1 is 0.820 bits per heavy atom. The monoisotopic (exact) mass is 702 g/mol. The lowest BCUT2D eigenvalue weighted by molar-refractivity contribution is -0.199. The van der Waals surface area contributed by atoms with E-state index in [0.29, 0.717) is 43.6 Å². The Morgan fingerprint density at radius 2 is 1.38 bits per heavy atom. The molecule has 0 aromatic heterocycles. The van der Waals surface area contributed by atoms with Gasteiger partial charge in [-0.3, -0.25) is 19.2 Å². The highest BCUT2D eigenvalue weighted by atomic mass is 16.6. The number of esters is 1. The van der Waals surface area contributed by atoms with Crippen LogP contribution in [0.25, 0.3) is 0 Å². The molecule has 0 heterocycles. The number of hydrogen-bond donors (Lipinski definition) is 4. The van der Waals surface area contributed by atoms with Gasteiger partial charge in [0, 0.05) is 12.8 Å². The van der Waals surface area contributed by atoms with Crippen molar-refractivity contribution in [3.8, 4) is 5.75 Å². The number of carboxylic acid groups (broad SMARTS) is 1. The van der Waals surface area contributed by atoms with Crippen LogP contribution in [0.1, 0.15) is 136 Å². The Balaban J connectivity index is 3.35. The predicted octanol–water partition coefficient (Wildman–Crippen LogP) is 6.36. The van der Waals surface area contributed by atoms with Crippen molar-refractivity contribution in [3.05, 3.63) is 42.0 Å². The first-order valence-corrected chi connectivity index (χ1v) is 18.2. The molecule has 0 aliphatic rings. The number of benzene rings is 1. The van der Waals surface area contributed by atoms with E-state index in [0.717, 1.165) is 63.9 Å². The van der Waals surface area contributed by atoms with Gasteiger partial charge in [-0.15, -0.1) is 0 Å². The summed E-state index contributed by atoms with van der Waals surface area (Å²) in [4.78, 5) is 64.9. The van der Waals surface area contributed by atoms with Crippen LogP contribution in [0.4, 0.5) is 0 Å². The summed E-state index contributed by atoms with van der Waals surface area (Å²) in [7, 11) is 0. The second-order valence-electron chi connectivity index (χ2n) is 14.2. The number of aliphatic carboxylic acids is 1. The van der Waals surface area contributed by atoms with E-state index in [1.165, 1.54) is 33.3 Å². The van der Waals surface area contributed by atoms with Gasteiger partial charge in [0.1, 0.15) is 22.5 Å². The quantitative estimate of drug-likeness (QED) is 0.0458. The molecule has 11 nitrogen and oxygen atoms in total. The van der Waals surface area contributed by atoms with Crippen molar-refractivity contribution in [2.45, 2.75) is 149 Å². The smallest absolute Gasteiger partial charge is 0.340 e. The van der Waals surface area contributed by atoms with Gasteiger partial charge >= 0.3 is 11.9 Å². The molecule has 1 aromatic rings. The lowest BCUT2D eigenvalue weighted by Gasteiger charge is -2.45. The van der Waals surface area contributed by atoms with Crippen LogP contribution in [0.3, 0.4) is 0 Å². The van der Waals surface area contributed by atoms with Crippen LogP contribution in [0.15, 0.2) is 36.4 Å². The topological polar surface area (TPSA) is 196 Å². The molecule has 0 saturated carbocycles. The maximum absolute atomic E-state index is 13.7. The van der Waals surface area contributed by atoms with Crippen molar-refractivity contribution < 1.29 is 43.7 Å². The fourth-order valence-corrected chi connectivity index (χ4v) is 5.99. The molecule has 1 aromatic carbocycles. The molecule has 6 N–H and O–H groups in total. The maximum atomic E-state index is 13.7. The Morgan fingerprint density at radius 3 is 1.88 bits per heavy atom. The van der Waals surface area contributed by atoms with Crippen molar-refractivity contribution in [2.75, 3.05) is 6.61 Å². The summed E-state index contributed by atoms with van der Waals surface area (Å²) in [6.07, 6.45) is 12.9. The molecule has 0 spiro atoms. The summed E-state index contributed by atoms with van der Waals surface area (Å²) in [6, 6.07) is 6.59. The second-order valence-corrected chi connectivity index (χ2v) is 14.2. The number of primary amides is 2. The van der Waals surface area contributed by atoms with Crippen molar-refractivity contribution in [2.24, 2.45) is 22.8 Å². The molecule has 0 unspecified atom stereocenters. The fourth-order valence-electron chi connectivity index (χ4n) is 5.99. The van der Waals surface area contributed by atoms with E-state index in [2.05, 4.69) is 6.92 Å². The minimum atomic E-state index is -3.06. The summed E-state index contributed by atoms with van der Waals surface area (Å²) in [6.45, 7) is 9.28. The zero-order valence-corrected chi connectivity index (χ0v) is 31.0. The van der Waals surface area contributed by atoms with Crippen LogP contribution >= 0.6 is 0 Å². The highest BCUT2D eigenvalue weighted by Crippen LogP contribution is 2.46. The number of Topliss-reactive ketones (excluding diaryl/α,β-unsaturated/α-hetero) is 1. The average Bonchev–Trinajstić information content (AvgIpc) is 3.02. The van der Waals surface area contributed by atoms with Crippen molar-refractivity contribution in [1.29, 1.82) is 0 Å². The van der Waals surface area contributed by atoms with E-state index < -0.39 is 52.7 Å². The molecule has 50 heavy (non-hydrogen) atoms. The first-order chi connectivity index (χ1) is 23.5. The number of hydrogen-bond acceptors (Lipinski definition) is 8. The third kappa shape index (κ3) is 14.6. The zero-order valence-electron chi connectivity index (χ0n) is 31.0. The molecule has 0 fully saturated rings. The summed E-state index contributed by atoms with van der Waals surface area (Å²) >= 11 is 0. The molecule has 3 atom stereocenters. The molecular weight excluding hydrogens is 640 g/mol. The summed E-state index contributed by atoms with van der Waals surface area (Å²) < 4.78 is 11.2. The van der Waals surface area contributed by atoms with Crippen molar-refractivity contribution in [3.63, 3.8) is 0 Å². The van der Waals surface area contributed by atoms with Crippen LogP contribution in [-0.4, -0.2) is 57.6 Å². The largest absolute Gasteiger partial charge is 0.494 e. The zero-order chi connectivity index (χ0) is 37.8. The normalized spacial score (nSPS) is 14.8. The molecule has 0 bridgehead atoms. The third-order valence-corrected chi connectivity index (χ3v) is 8.75. The van der Waals surface area contributed by atoms with E-state index in [1.54, 1.807) is 24.3 Å². The van der Waals surface area contributed by atoms with Gasteiger partial charge in [0.05, 0.1) is 18.9 Å². The number of amides is 2. The third-order valence-electron chi connectivity index (χ3n) is 8.75. The molecule has 2 amide bonds. The fraction of sp³-hybridized carbons (Fsp3) is 0.667. The summed E-state index contributed by atoms with van der Waals surface area (Å²) in [5.74, 6) is -6.39. The van der Waals surface area contributed by atoms with Gasteiger partial charge in [0.15, 0.2) is 5.60 Å². The van der Waals surface area contributed by atoms with Crippen LogP contribution in [-0.2, 0) is 35.1 Å². The number of ketones is 1. The number of ether oxygens (including phenoxy) is 2. The van der Waals surface area contributed by atoms with Gasteiger partial charge in [-0.1, -0.05) is 83.1 Å². The number of rotatable bonds is 27. The minimum Gasteiger partial charge on any atom is -0.494 e. The van der Waals surface area contributed by atoms with Gasteiger partial charge in [-0.2, -0.15) is 0 Å². The molecule has 11 heteroatoms. The Labute approximate surface area is 298 Å². The first-order valence-electron chi connectivity index (χ1n) is 18.2. The van der Waals surface area contributed by atoms with Crippen LogP contribution in [0.2, 0.25) is 0 Å². The number of allylic oxidation sites excluding steroid dienone is 1. The van der Waals surface area contributed by atoms with E-state index >= 15 is 0 Å². The number of carbonyl (C=O) groups is 5. The molecule has 0 saturated heterocycles. The van der Waals surface area contributed by atoms with Gasteiger partial charge in [0.25, 0.3) is 0 Å². The van der Waals surface area contributed by atoms with Gasteiger partial charge in [0.2, 0.25) is 11.8 Å². The maximum Gasteiger partial charge on any atom is 0.340 e. The van der Waals surface area contributed by atoms with Gasteiger partial charge < -0.3 is 31.2 Å². The Bertz CT molecular complexity index is 1260. The minimum absolute atomic E-state index is 0.266. The highest BCUT2D eigenvalue weighted by molar-refractivity contribution is 6.00. The van der Waals surface area contributed by atoms with Crippen molar-refractivity contribution >= 4 is 29.5 Å². The van der Waals surface area contributed by atoms with Gasteiger partial charge in [-0.25, -0.2) is 4.79 Å². The van der Waals surface area contributed by atoms with E-state index in [-0.39, 0.29) is 12.2 Å². The molecule has 282 valence electrons. The second kappa shape index (κ2) is 22.2. The molecule has 0 aliphatic heterocycles. The van der Waals surface area contributed by atoms with Crippen LogP contribution < -0.4 is 16.2 Å². The standard InChI is InChI=1S/C39H62N2O9/c1-6-8-10-13-16-19-30(42)20-17-14-11-12-15-18-25-38(35(41)46,39(48,28-33(40)43)36(47)50-37(3,4)5)32(34(44)45)27-29-21-23-31(24-22-29)49-26-9-7-2/h18,21-25,32,48H,6-17,19-20,26-28H2,1-5H3,(H2,40,43)(H2,41,46)(H,44,45)/b25-18+/t32-,38+,39-/m1/s1. The summed E-state index contributed by atoms with van der Waals surface area (Å²) in [5.41, 5.74) is 5.03. The predicted molar refractivity (Wildman–Crippen MR) is 193 cm³/mol. The SMILES string of the molecule is CCCCCCCC(=O)CCCCCC/C=C/[C@@](C(N)=O)([C@H](Cc1ccc(OCCCC)cc1)C(=O)O)[C@@](O)(CC(N)=O)C(=O)OC(C)(C)C. The number of carboxylic acids is 1. The lowest BCUT2D eigenvalue weighted by Crippen LogP contribution is -2.66. The Hall–Kier alpha value is -3.73. The Kier molecular flexibility index (Phi) is 19.6. The number of nitrogens with two attached hydrogens (primary N) is 2. The van der Waals surface area contributed by atoms with Gasteiger partial charge in [-0.05, 0) is 77.0 Å². The average molecular weight is 703 g/mol. The molecular formula is C39H62N2O9. The first kappa shape index (κ1) is 44.3. The molecule has 0 radical (unpaired) electrons.